The zero-order chi connectivity index (χ0) is 16.9. The zero-order valence-electron chi connectivity index (χ0n) is 14.6. The Balaban J connectivity index is 2.43. The molecule has 0 aliphatic carbocycles. The van der Waals surface area contributed by atoms with Crippen LogP contribution >= 0.6 is 0 Å². The van der Waals surface area contributed by atoms with Gasteiger partial charge in [-0.2, -0.15) is 0 Å². The fraction of sp³-hybridized carbons (Fsp3) is 0.800. The Morgan fingerprint density at radius 3 is 2.64 bits per heavy atom. The van der Waals surface area contributed by atoms with E-state index in [9.17, 15) is 9.90 Å². The van der Waals surface area contributed by atoms with Crippen LogP contribution in [0.15, 0.2) is 0 Å². The summed E-state index contributed by atoms with van der Waals surface area (Å²) < 4.78 is 1.90. The topological polar surface area (TPSA) is 83.3 Å². The summed E-state index contributed by atoms with van der Waals surface area (Å²) in [5, 5.41) is 21.2. The zero-order valence-corrected chi connectivity index (χ0v) is 14.6. The van der Waals surface area contributed by atoms with Crippen molar-refractivity contribution in [2.45, 2.75) is 46.3 Å². The number of aromatic nitrogens is 3. The third-order valence-corrected chi connectivity index (χ3v) is 4.33. The van der Waals surface area contributed by atoms with Gasteiger partial charge in [0.2, 0.25) is 5.91 Å². The van der Waals surface area contributed by atoms with E-state index in [1.165, 1.54) is 0 Å². The maximum Gasteiger partial charge on any atom is 0.234 e. The van der Waals surface area contributed by atoms with Gasteiger partial charge < -0.3 is 15.0 Å². The fourth-order valence-electron chi connectivity index (χ4n) is 2.08. The van der Waals surface area contributed by atoms with Crippen LogP contribution in [-0.4, -0.2) is 56.4 Å². The van der Waals surface area contributed by atoms with Crippen molar-refractivity contribution in [2.75, 3.05) is 20.1 Å². The SMILES string of the molecule is CCC(C)C(C)(O)CNC(=O)CN(C)Cc1nnc(C)n1C. The largest absolute Gasteiger partial charge is 0.388 e. The summed E-state index contributed by atoms with van der Waals surface area (Å²) >= 11 is 0. The molecule has 0 aliphatic rings. The lowest BCUT2D eigenvalue weighted by Gasteiger charge is -2.30. The fourth-order valence-corrected chi connectivity index (χ4v) is 2.08. The molecule has 2 unspecified atom stereocenters. The minimum Gasteiger partial charge on any atom is -0.388 e. The molecule has 1 aromatic rings. The molecule has 7 nitrogen and oxygen atoms in total. The number of nitrogens with one attached hydrogen (secondary N) is 1. The van der Waals surface area contributed by atoms with Gasteiger partial charge in [0.15, 0.2) is 0 Å². The molecule has 0 saturated carbocycles. The van der Waals surface area contributed by atoms with Crippen molar-refractivity contribution in [1.82, 2.24) is 25.0 Å². The van der Waals surface area contributed by atoms with E-state index in [2.05, 4.69) is 15.5 Å². The normalized spacial score (nSPS) is 15.6. The Hall–Kier alpha value is -1.47. The van der Waals surface area contributed by atoms with Crippen molar-refractivity contribution in [3.63, 3.8) is 0 Å². The van der Waals surface area contributed by atoms with Crippen molar-refractivity contribution >= 4 is 5.91 Å². The lowest BCUT2D eigenvalue weighted by atomic mass is 9.89. The molecular formula is C15H29N5O2. The van der Waals surface area contributed by atoms with E-state index in [1.807, 2.05) is 44.3 Å². The maximum absolute atomic E-state index is 12.0. The van der Waals surface area contributed by atoms with Crippen molar-refractivity contribution in [3.05, 3.63) is 11.6 Å². The predicted octanol–water partition coefficient (Wildman–Crippen LogP) is 0.469. The molecule has 126 valence electrons. The number of carbonyl (C=O) groups excluding carboxylic acids is 1. The molecule has 0 radical (unpaired) electrons. The van der Waals surface area contributed by atoms with Gasteiger partial charge in [-0.25, -0.2) is 0 Å². The number of aryl methyl sites for hydroxylation is 1. The van der Waals surface area contributed by atoms with E-state index in [1.54, 1.807) is 6.92 Å². The van der Waals surface area contributed by atoms with Gasteiger partial charge in [-0.05, 0) is 26.8 Å². The molecule has 2 atom stereocenters. The molecule has 0 bridgehead atoms. The molecule has 1 aromatic heterocycles. The molecule has 22 heavy (non-hydrogen) atoms. The van der Waals surface area contributed by atoms with Crippen molar-refractivity contribution < 1.29 is 9.90 Å². The van der Waals surface area contributed by atoms with Crippen molar-refractivity contribution in [3.8, 4) is 0 Å². The quantitative estimate of drug-likeness (QED) is 0.729. The van der Waals surface area contributed by atoms with Crippen molar-refractivity contribution in [2.24, 2.45) is 13.0 Å². The molecule has 0 aliphatic heterocycles. The lowest BCUT2D eigenvalue weighted by molar-refractivity contribution is -0.123. The molecule has 1 rings (SSSR count). The first-order valence-electron chi connectivity index (χ1n) is 7.69. The Morgan fingerprint density at radius 1 is 1.50 bits per heavy atom. The molecule has 0 aromatic carbocycles. The van der Waals surface area contributed by atoms with Gasteiger partial charge in [0.1, 0.15) is 11.6 Å². The third kappa shape index (κ3) is 5.06. The highest BCUT2D eigenvalue weighted by Gasteiger charge is 2.27. The van der Waals surface area contributed by atoms with Gasteiger partial charge in [-0.1, -0.05) is 20.3 Å². The second-order valence-corrected chi connectivity index (χ2v) is 6.34. The minimum absolute atomic E-state index is 0.107. The Kier molecular flexibility index (Phi) is 6.49. The summed E-state index contributed by atoms with van der Waals surface area (Å²) in [7, 11) is 3.76. The molecular weight excluding hydrogens is 282 g/mol. The summed E-state index contributed by atoms with van der Waals surface area (Å²) in [6.07, 6.45) is 0.869. The molecule has 0 spiro atoms. The van der Waals surface area contributed by atoms with E-state index in [-0.39, 0.29) is 24.9 Å². The average molecular weight is 311 g/mol. The van der Waals surface area contributed by atoms with Crippen LogP contribution in [0.4, 0.5) is 0 Å². The molecule has 0 fully saturated rings. The summed E-state index contributed by atoms with van der Waals surface area (Å²) in [5.41, 5.74) is -0.885. The van der Waals surface area contributed by atoms with Gasteiger partial charge in [0, 0.05) is 13.6 Å². The van der Waals surface area contributed by atoms with E-state index in [4.69, 9.17) is 0 Å². The Morgan fingerprint density at radius 2 is 2.14 bits per heavy atom. The van der Waals surface area contributed by atoms with Crippen LogP contribution in [0.1, 0.15) is 38.8 Å². The summed E-state index contributed by atoms with van der Waals surface area (Å²) in [5.74, 6) is 1.69. The first-order chi connectivity index (χ1) is 10.2. The number of rotatable bonds is 8. The number of aliphatic hydroxyl groups is 1. The van der Waals surface area contributed by atoms with Crippen LogP contribution in [0.25, 0.3) is 0 Å². The predicted molar refractivity (Wildman–Crippen MR) is 85.2 cm³/mol. The minimum atomic E-state index is -0.885. The number of carbonyl (C=O) groups is 1. The Labute approximate surface area is 132 Å². The number of hydrogen-bond donors (Lipinski definition) is 2. The standard InChI is InChI=1S/C15H29N5O2/c1-7-11(2)15(4,22)10-16-14(21)9-19(5)8-13-18-17-12(3)20(13)6/h11,22H,7-10H2,1-6H3,(H,16,21). The van der Waals surface area contributed by atoms with Gasteiger partial charge >= 0.3 is 0 Å². The summed E-state index contributed by atoms with van der Waals surface area (Å²) in [6.45, 7) is 8.72. The number of amides is 1. The maximum atomic E-state index is 12.0. The van der Waals surface area contributed by atoms with Gasteiger partial charge in [-0.3, -0.25) is 9.69 Å². The van der Waals surface area contributed by atoms with E-state index in [0.717, 1.165) is 18.1 Å². The highest BCUT2D eigenvalue weighted by atomic mass is 16.3. The number of nitrogens with zero attached hydrogens (tertiary/aromatic N) is 4. The highest BCUT2D eigenvalue weighted by Crippen LogP contribution is 2.18. The van der Waals surface area contributed by atoms with Crippen LogP contribution in [0.2, 0.25) is 0 Å². The molecule has 0 saturated heterocycles. The van der Waals surface area contributed by atoms with E-state index >= 15 is 0 Å². The average Bonchev–Trinajstić information content (AvgIpc) is 2.76. The lowest BCUT2D eigenvalue weighted by Crippen LogP contribution is -2.47. The second kappa shape index (κ2) is 7.69. The number of hydrogen-bond acceptors (Lipinski definition) is 5. The van der Waals surface area contributed by atoms with Crippen molar-refractivity contribution in [1.29, 1.82) is 0 Å². The molecule has 7 heteroatoms. The van der Waals surface area contributed by atoms with Crippen LogP contribution in [0.5, 0.6) is 0 Å². The van der Waals surface area contributed by atoms with Crippen LogP contribution < -0.4 is 5.32 Å². The van der Waals surface area contributed by atoms with Crippen LogP contribution in [0.3, 0.4) is 0 Å². The monoisotopic (exact) mass is 311 g/mol. The summed E-state index contributed by atoms with van der Waals surface area (Å²) in [4.78, 5) is 13.9. The first-order valence-corrected chi connectivity index (χ1v) is 7.69. The Bertz CT molecular complexity index is 498. The van der Waals surface area contributed by atoms with Gasteiger partial charge in [0.25, 0.3) is 0 Å². The van der Waals surface area contributed by atoms with E-state index < -0.39 is 5.60 Å². The van der Waals surface area contributed by atoms with Crippen LogP contribution in [0, 0.1) is 12.8 Å². The third-order valence-electron chi connectivity index (χ3n) is 4.33. The summed E-state index contributed by atoms with van der Waals surface area (Å²) in [6, 6.07) is 0. The molecule has 2 N–H and O–H groups in total. The van der Waals surface area contributed by atoms with Gasteiger partial charge in [0.05, 0.1) is 18.7 Å². The van der Waals surface area contributed by atoms with E-state index in [0.29, 0.717) is 6.54 Å². The smallest absolute Gasteiger partial charge is 0.234 e. The van der Waals surface area contributed by atoms with Crippen LogP contribution in [-0.2, 0) is 18.4 Å². The highest BCUT2D eigenvalue weighted by molar-refractivity contribution is 5.78. The second-order valence-electron chi connectivity index (χ2n) is 6.34. The van der Waals surface area contributed by atoms with Gasteiger partial charge in [-0.15, -0.1) is 10.2 Å². The molecule has 1 amide bonds. The first kappa shape index (κ1) is 18.6. The molecule has 1 heterocycles. The number of likely N-dealkylation sites (N-methyl/N-ethyl adjacent to an activating group) is 1.